The normalized spacial score (nSPS) is 37.6. The zero-order valence-corrected chi connectivity index (χ0v) is 7.82. The van der Waals surface area contributed by atoms with Crippen molar-refractivity contribution in [2.75, 3.05) is 0 Å². The van der Waals surface area contributed by atoms with Gasteiger partial charge in [0.15, 0.2) is 5.78 Å². The molecule has 0 spiro atoms. The van der Waals surface area contributed by atoms with Crippen LogP contribution in [0.5, 0.6) is 0 Å². The van der Waals surface area contributed by atoms with E-state index < -0.39 is 0 Å². The molecule has 2 heteroatoms. The van der Waals surface area contributed by atoms with E-state index in [2.05, 4.69) is 6.92 Å². The highest BCUT2D eigenvalue weighted by Gasteiger charge is 2.41. The van der Waals surface area contributed by atoms with Crippen LogP contribution >= 0.6 is 0 Å². The molecule has 2 aliphatic rings. The molecule has 1 fully saturated rings. The second-order valence-corrected chi connectivity index (χ2v) is 4.19. The number of carbonyl (C=O) groups is 2. The van der Waals surface area contributed by atoms with Crippen LogP contribution in [-0.2, 0) is 9.59 Å². The lowest BCUT2D eigenvalue weighted by Gasteiger charge is -2.13. The van der Waals surface area contributed by atoms with Gasteiger partial charge in [-0.25, -0.2) is 0 Å². The summed E-state index contributed by atoms with van der Waals surface area (Å²) in [6, 6.07) is 0. The van der Waals surface area contributed by atoms with Gasteiger partial charge in [0, 0.05) is 18.3 Å². The molecule has 0 aromatic rings. The summed E-state index contributed by atoms with van der Waals surface area (Å²) in [6.07, 6.45) is 5.70. The molecule has 0 N–H and O–H groups in total. The molecule has 2 nitrogen and oxygen atoms in total. The van der Waals surface area contributed by atoms with Crippen LogP contribution in [0, 0.1) is 17.8 Å². The van der Waals surface area contributed by atoms with E-state index in [1.807, 2.05) is 0 Å². The maximum Gasteiger partial charge on any atom is 0.155 e. The predicted molar refractivity (Wildman–Crippen MR) is 49.1 cm³/mol. The van der Waals surface area contributed by atoms with Crippen molar-refractivity contribution in [1.82, 2.24) is 0 Å². The van der Waals surface area contributed by atoms with Gasteiger partial charge in [0.2, 0.25) is 0 Å². The number of Topliss-reactive ketones (excluding diaryl/α,β-unsaturated/α-hetero) is 1. The summed E-state index contributed by atoms with van der Waals surface area (Å²) in [6.45, 7) is 2.11. The Kier molecular flexibility index (Phi) is 2.06. The molecule has 1 saturated carbocycles. The van der Waals surface area contributed by atoms with E-state index in [1.165, 1.54) is 0 Å². The molecule has 0 aromatic heterocycles. The molecule has 2 aliphatic carbocycles. The first-order valence-corrected chi connectivity index (χ1v) is 4.93. The van der Waals surface area contributed by atoms with E-state index in [0.29, 0.717) is 24.0 Å². The Bertz CT molecular complexity index is 278. The van der Waals surface area contributed by atoms with Crippen LogP contribution in [0.3, 0.4) is 0 Å². The van der Waals surface area contributed by atoms with Crippen molar-refractivity contribution in [3.63, 3.8) is 0 Å². The van der Waals surface area contributed by atoms with Crippen LogP contribution in [0.1, 0.15) is 26.2 Å². The summed E-state index contributed by atoms with van der Waals surface area (Å²) < 4.78 is 0. The largest absolute Gasteiger partial charge is 0.299 e. The van der Waals surface area contributed by atoms with Crippen molar-refractivity contribution in [3.8, 4) is 0 Å². The van der Waals surface area contributed by atoms with Crippen molar-refractivity contribution in [2.45, 2.75) is 26.2 Å². The van der Waals surface area contributed by atoms with Crippen LogP contribution in [0.2, 0.25) is 0 Å². The van der Waals surface area contributed by atoms with E-state index in [9.17, 15) is 9.59 Å². The standard InChI is InChI=1S/C11H14O2/c1-7-6-10(7)11(13)8-2-4-9(12)5-3-8/h2,4,7-8,10H,3,5-6H2,1H3. The number of rotatable bonds is 2. The lowest BCUT2D eigenvalue weighted by Crippen LogP contribution is -2.19. The Morgan fingerprint density at radius 2 is 2.23 bits per heavy atom. The third-order valence-electron chi connectivity index (χ3n) is 3.06. The summed E-state index contributed by atoms with van der Waals surface area (Å²) >= 11 is 0. The fourth-order valence-corrected chi connectivity index (χ4v) is 1.93. The maximum absolute atomic E-state index is 11.7. The van der Waals surface area contributed by atoms with Gasteiger partial charge in [-0.1, -0.05) is 13.0 Å². The van der Waals surface area contributed by atoms with Gasteiger partial charge in [-0.3, -0.25) is 9.59 Å². The average Bonchev–Trinajstić information content (AvgIpc) is 2.83. The van der Waals surface area contributed by atoms with Gasteiger partial charge in [0.1, 0.15) is 5.78 Å². The van der Waals surface area contributed by atoms with E-state index in [4.69, 9.17) is 0 Å². The summed E-state index contributed by atoms with van der Waals surface area (Å²) in [7, 11) is 0. The smallest absolute Gasteiger partial charge is 0.155 e. The van der Waals surface area contributed by atoms with E-state index in [0.717, 1.165) is 12.8 Å². The second kappa shape index (κ2) is 3.09. The molecule has 3 unspecified atom stereocenters. The molecule has 0 aliphatic heterocycles. The summed E-state index contributed by atoms with van der Waals surface area (Å²) in [5, 5.41) is 0. The fourth-order valence-electron chi connectivity index (χ4n) is 1.93. The molecule has 2 rings (SSSR count). The molecule has 13 heavy (non-hydrogen) atoms. The minimum Gasteiger partial charge on any atom is -0.299 e. The molecular weight excluding hydrogens is 164 g/mol. The first-order valence-electron chi connectivity index (χ1n) is 4.93. The third kappa shape index (κ3) is 1.71. The Morgan fingerprint density at radius 1 is 1.54 bits per heavy atom. The van der Waals surface area contributed by atoms with Crippen LogP contribution in [0.4, 0.5) is 0 Å². The number of hydrogen-bond acceptors (Lipinski definition) is 2. The lowest BCUT2D eigenvalue weighted by atomic mass is 9.89. The van der Waals surface area contributed by atoms with Crippen LogP contribution in [0.25, 0.3) is 0 Å². The minimum absolute atomic E-state index is 0.0349. The number of hydrogen-bond donors (Lipinski definition) is 0. The van der Waals surface area contributed by atoms with Gasteiger partial charge in [-0.15, -0.1) is 0 Å². The van der Waals surface area contributed by atoms with Crippen LogP contribution in [0.15, 0.2) is 12.2 Å². The quantitative estimate of drug-likeness (QED) is 0.645. The summed E-state index contributed by atoms with van der Waals surface area (Å²) in [5.41, 5.74) is 0. The molecule has 0 bridgehead atoms. The van der Waals surface area contributed by atoms with Crippen molar-refractivity contribution in [1.29, 1.82) is 0 Å². The molecule has 0 saturated heterocycles. The minimum atomic E-state index is 0.0349. The molecule has 0 aromatic carbocycles. The molecule has 3 atom stereocenters. The van der Waals surface area contributed by atoms with Crippen LogP contribution < -0.4 is 0 Å². The Labute approximate surface area is 78.0 Å². The predicted octanol–water partition coefficient (Wildman–Crippen LogP) is 1.75. The highest BCUT2D eigenvalue weighted by molar-refractivity contribution is 5.95. The maximum atomic E-state index is 11.7. The molecule has 0 radical (unpaired) electrons. The molecular formula is C11H14O2. The van der Waals surface area contributed by atoms with E-state index >= 15 is 0 Å². The monoisotopic (exact) mass is 178 g/mol. The highest BCUT2D eigenvalue weighted by Crippen LogP contribution is 2.41. The summed E-state index contributed by atoms with van der Waals surface area (Å²) in [5.74, 6) is 1.43. The third-order valence-corrected chi connectivity index (χ3v) is 3.06. The van der Waals surface area contributed by atoms with Crippen molar-refractivity contribution >= 4 is 11.6 Å². The van der Waals surface area contributed by atoms with Crippen molar-refractivity contribution in [3.05, 3.63) is 12.2 Å². The zero-order valence-electron chi connectivity index (χ0n) is 7.82. The SMILES string of the molecule is CC1CC1C(=O)C1C=CC(=O)CC1. The number of allylic oxidation sites excluding steroid dienone is 2. The zero-order chi connectivity index (χ0) is 9.42. The number of ketones is 2. The topological polar surface area (TPSA) is 34.1 Å². The molecule has 70 valence electrons. The fraction of sp³-hybridized carbons (Fsp3) is 0.636. The lowest BCUT2D eigenvalue weighted by molar-refractivity contribution is -0.123. The van der Waals surface area contributed by atoms with Crippen molar-refractivity contribution in [2.24, 2.45) is 17.8 Å². The summed E-state index contributed by atoms with van der Waals surface area (Å²) in [4.78, 5) is 22.6. The number of carbonyl (C=O) groups excluding carboxylic acids is 2. The van der Waals surface area contributed by atoms with Crippen LogP contribution in [-0.4, -0.2) is 11.6 Å². The van der Waals surface area contributed by atoms with E-state index in [1.54, 1.807) is 12.2 Å². The van der Waals surface area contributed by atoms with Gasteiger partial charge in [0.05, 0.1) is 0 Å². The Balaban J connectivity index is 1.98. The molecule has 0 heterocycles. The van der Waals surface area contributed by atoms with Gasteiger partial charge in [-0.2, -0.15) is 0 Å². The highest BCUT2D eigenvalue weighted by atomic mass is 16.1. The Morgan fingerprint density at radius 3 is 2.69 bits per heavy atom. The van der Waals surface area contributed by atoms with Gasteiger partial charge in [0.25, 0.3) is 0 Å². The average molecular weight is 178 g/mol. The first kappa shape index (κ1) is 8.67. The first-order chi connectivity index (χ1) is 6.18. The van der Waals surface area contributed by atoms with Gasteiger partial charge >= 0.3 is 0 Å². The Hall–Kier alpha value is -0.920. The van der Waals surface area contributed by atoms with E-state index in [-0.39, 0.29) is 11.7 Å². The molecule has 0 amide bonds. The second-order valence-electron chi connectivity index (χ2n) is 4.19. The van der Waals surface area contributed by atoms with Gasteiger partial charge < -0.3 is 0 Å². The van der Waals surface area contributed by atoms with Gasteiger partial charge in [-0.05, 0) is 24.8 Å². The van der Waals surface area contributed by atoms with Crippen molar-refractivity contribution < 1.29 is 9.59 Å².